The highest BCUT2D eigenvalue weighted by Gasteiger charge is 2.36. The molecule has 1 atom stereocenters. The van der Waals surface area contributed by atoms with Gasteiger partial charge in [-0.2, -0.15) is 0 Å². The average molecular weight is 432 g/mol. The van der Waals surface area contributed by atoms with Crippen LogP contribution in [-0.4, -0.2) is 59.0 Å². The fourth-order valence-electron chi connectivity index (χ4n) is 3.57. The zero-order chi connectivity index (χ0) is 22.0. The Bertz CT molecular complexity index is 946. The third-order valence-corrected chi connectivity index (χ3v) is 5.65. The number of carboxylic acid groups (broad SMARTS) is 1. The van der Waals surface area contributed by atoms with E-state index in [1.165, 1.54) is 23.3 Å². The molecule has 0 saturated heterocycles. The molecule has 8 nitrogen and oxygen atoms in total. The molecule has 2 aliphatic rings. The smallest absolute Gasteiger partial charge is 0.412 e. The van der Waals surface area contributed by atoms with Crippen LogP contribution in [-0.2, 0) is 14.3 Å². The van der Waals surface area contributed by atoms with E-state index in [2.05, 4.69) is 0 Å². The number of ketones is 1. The molecule has 0 saturated carbocycles. The predicted molar refractivity (Wildman–Crippen MR) is 113 cm³/mol. The van der Waals surface area contributed by atoms with Gasteiger partial charge in [0, 0.05) is 36.7 Å². The summed E-state index contributed by atoms with van der Waals surface area (Å²) in [7, 11) is 1.51. The Kier molecular flexibility index (Phi) is 6.42. The molecule has 1 unspecified atom stereocenters. The molecule has 0 bridgehead atoms. The molecule has 3 N–H and O–H groups in total. The van der Waals surface area contributed by atoms with Crippen molar-refractivity contribution >= 4 is 34.7 Å². The number of fused-ring (bicyclic) bond motifs is 1. The Balaban J connectivity index is 2.19. The van der Waals surface area contributed by atoms with Gasteiger partial charge in [0.15, 0.2) is 5.78 Å². The Morgan fingerprint density at radius 2 is 2.17 bits per heavy atom. The van der Waals surface area contributed by atoms with Crippen molar-refractivity contribution in [2.45, 2.75) is 26.4 Å². The van der Waals surface area contributed by atoms with Gasteiger partial charge in [0.25, 0.3) is 0 Å². The fraction of sp³-hybridized carbons (Fsp3) is 0.381. The van der Waals surface area contributed by atoms with Gasteiger partial charge in [-0.1, -0.05) is 19.9 Å². The van der Waals surface area contributed by atoms with E-state index in [9.17, 15) is 19.5 Å². The predicted octanol–water partition coefficient (Wildman–Crippen LogP) is 2.65. The lowest BCUT2D eigenvalue weighted by Crippen LogP contribution is -2.40. The van der Waals surface area contributed by atoms with Gasteiger partial charge in [-0.05, 0) is 34.6 Å². The van der Waals surface area contributed by atoms with E-state index < -0.39 is 18.1 Å². The first kappa shape index (κ1) is 21.8. The third-order valence-electron chi connectivity index (χ3n) is 4.76. The van der Waals surface area contributed by atoms with Crippen molar-refractivity contribution in [2.75, 3.05) is 20.2 Å². The maximum Gasteiger partial charge on any atom is 0.412 e. The molecular formula is C21H25N3O5S. The van der Waals surface area contributed by atoms with Gasteiger partial charge in [0.1, 0.15) is 18.5 Å². The van der Waals surface area contributed by atoms with Crippen molar-refractivity contribution in [2.24, 2.45) is 11.7 Å². The number of primary amides is 1. The highest BCUT2D eigenvalue weighted by Crippen LogP contribution is 2.43. The lowest BCUT2D eigenvalue weighted by atomic mass is 9.84. The quantitative estimate of drug-likeness (QED) is 0.686. The van der Waals surface area contributed by atoms with E-state index in [1.54, 1.807) is 6.08 Å². The number of nitrogens with zero attached hydrogens (tertiary/aromatic N) is 2. The van der Waals surface area contributed by atoms with Crippen LogP contribution in [0.15, 0.2) is 46.8 Å². The Morgan fingerprint density at radius 1 is 1.43 bits per heavy atom. The number of ether oxygens (including phenoxy) is 1. The van der Waals surface area contributed by atoms with Crippen LogP contribution in [0.3, 0.4) is 0 Å². The fourth-order valence-corrected chi connectivity index (χ4v) is 4.35. The summed E-state index contributed by atoms with van der Waals surface area (Å²) in [5, 5.41) is 11.7. The molecule has 9 heteroatoms. The minimum absolute atomic E-state index is 0.128. The summed E-state index contributed by atoms with van der Waals surface area (Å²) in [6.45, 7) is 4.33. The molecule has 0 spiro atoms. The van der Waals surface area contributed by atoms with Crippen LogP contribution in [0.1, 0.15) is 25.1 Å². The number of carbonyl (C=O) groups is 3. The number of allylic oxidation sites excluding steroid dienone is 3. The van der Waals surface area contributed by atoms with E-state index in [-0.39, 0.29) is 24.7 Å². The van der Waals surface area contributed by atoms with Gasteiger partial charge in [-0.15, -0.1) is 11.3 Å². The van der Waals surface area contributed by atoms with Crippen LogP contribution in [0, 0.1) is 5.92 Å². The van der Waals surface area contributed by atoms with Crippen molar-refractivity contribution < 1.29 is 24.2 Å². The number of amides is 2. The first-order valence-corrected chi connectivity index (χ1v) is 10.4. The van der Waals surface area contributed by atoms with Crippen molar-refractivity contribution in [3.63, 3.8) is 0 Å². The van der Waals surface area contributed by atoms with E-state index in [0.29, 0.717) is 12.4 Å². The van der Waals surface area contributed by atoms with Crippen LogP contribution in [0.25, 0.3) is 5.57 Å². The van der Waals surface area contributed by atoms with Crippen molar-refractivity contribution in [3.8, 4) is 0 Å². The molecule has 1 aliphatic heterocycles. The minimum Gasteiger partial charge on any atom is -0.465 e. The van der Waals surface area contributed by atoms with Crippen LogP contribution in [0.4, 0.5) is 4.79 Å². The largest absolute Gasteiger partial charge is 0.465 e. The summed E-state index contributed by atoms with van der Waals surface area (Å²) in [6.07, 6.45) is 1.65. The molecule has 0 radical (unpaired) electrons. The number of thiophene rings is 1. The van der Waals surface area contributed by atoms with Gasteiger partial charge in [-0.3, -0.25) is 14.5 Å². The second-order valence-electron chi connectivity index (χ2n) is 7.64. The van der Waals surface area contributed by atoms with E-state index in [4.69, 9.17) is 10.5 Å². The Morgan fingerprint density at radius 3 is 2.73 bits per heavy atom. The third kappa shape index (κ3) is 4.47. The molecule has 30 heavy (non-hydrogen) atoms. The average Bonchev–Trinajstić information content (AvgIpc) is 3.18. The number of carbonyl (C=O) groups excluding carboxylic acids is 2. The molecule has 3 rings (SSSR count). The van der Waals surface area contributed by atoms with Crippen LogP contribution >= 0.6 is 11.3 Å². The zero-order valence-corrected chi connectivity index (χ0v) is 17.9. The molecule has 1 aliphatic carbocycles. The molecule has 1 aromatic heterocycles. The summed E-state index contributed by atoms with van der Waals surface area (Å²) in [6, 6.07) is 3.81. The SMILES string of the molecule is CC(C)CN1C=C2CC(=O)C(OCC(N)=O)C=C2C(c2cccs2)=C1N(C)C(=O)O. The second-order valence-corrected chi connectivity index (χ2v) is 8.59. The Hall–Kier alpha value is -2.91. The zero-order valence-electron chi connectivity index (χ0n) is 17.1. The summed E-state index contributed by atoms with van der Waals surface area (Å²) in [5.41, 5.74) is 7.43. The number of hydrogen-bond acceptors (Lipinski definition) is 6. The molecule has 0 aromatic carbocycles. The summed E-state index contributed by atoms with van der Waals surface area (Å²) < 4.78 is 5.42. The van der Waals surface area contributed by atoms with Crippen molar-refractivity contribution in [1.82, 2.24) is 9.80 Å². The van der Waals surface area contributed by atoms with Gasteiger partial charge in [-0.25, -0.2) is 4.79 Å². The van der Waals surface area contributed by atoms with E-state index >= 15 is 0 Å². The van der Waals surface area contributed by atoms with E-state index in [0.717, 1.165) is 21.6 Å². The van der Waals surface area contributed by atoms with E-state index in [1.807, 2.05) is 42.5 Å². The molecule has 160 valence electrons. The summed E-state index contributed by atoms with van der Waals surface area (Å²) >= 11 is 1.49. The normalized spacial score (nSPS) is 18.9. The number of nitrogens with two attached hydrogens (primary N) is 1. The first-order valence-electron chi connectivity index (χ1n) is 9.56. The Labute approximate surface area is 178 Å². The van der Waals surface area contributed by atoms with Crippen LogP contribution < -0.4 is 5.73 Å². The van der Waals surface area contributed by atoms with Gasteiger partial charge in [0.2, 0.25) is 5.91 Å². The van der Waals surface area contributed by atoms with Crippen LogP contribution in [0.2, 0.25) is 0 Å². The van der Waals surface area contributed by atoms with Crippen molar-refractivity contribution in [3.05, 3.63) is 51.6 Å². The highest BCUT2D eigenvalue weighted by molar-refractivity contribution is 7.11. The molecular weight excluding hydrogens is 406 g/mol. The second kappa shape index (κ2) is 8.85. The monoisotopic (exact) mass is 431 g/mol. The first-order chi connectivity index (χ1) is 14.2. The van der Waals surface area contributed by atoms with Gasteiger partial charge >= 0.3 is 6.09 Å². The molecule has 1 aromatic rings. The highest BCUT2D eigenvalue weighted by atomic mass is 32.1. The number of Topliss-reactive ketones (excluding diaryl/α,β-unsaturated/α-hetero) is 1. The van der Waals surface area contributed by atoms with Gasteiger partial charge in [0.05, 0.1) is 0 Å². The topological polar surface area (TPSA) is 113 Å². The number of rotatable bonds is 7. The maximum atomic E-state index is 12.6. The van der Waals surface area contributed by atoms with Gasteiger partial charge < -0.3 is 20.5 Å². The maximum absolute atomic E-state index is 12.6. The lowest BCUT2D eigenvalue weighted by molar-refractivity contribution is -0.132. The summed E-state index contributed by atoms with van der Waals surface area (Å²) in [5.74, 6) is -0.0392. The molecule has 2 heterocycles. The lowest BCUT2D eigenvalue weighted by Gasteiger charge is -2.38. The number of hydrogen-bond donors (Lipinski definition) is 2. The molecule has 0 fully saturated rings. The minimum atomic E-state index is -1.08. The standard InChI is InChI=1S/C21H25N3O5S/c1-12(2)9-24-10-13-7-15(25)16(29-11-18(22)26)8-14(13)19(17-5-4-6-30-17)20(24)23(3)21(27)28/h4-6,8,10,12,16H,7,9,11H2,1-3H3,(H2,22,26)(H,27,28). The van der Waals surface area contributed by atoms with Crippen LogP contribution in [0.5, 0.6) is 0 Å². The summed E-state index contributed by atoms with van der Waals surface area (Å²) in [4.78, 5) is 39.6. The van der Waals surface area contributed by atoms with Crippen molar-refractivity contribution in [1.29, 1.82) is 0 Å². The molecule has 2 amide bonds.